The first-order valence-corrected chi connectivity index (χ1v) is 7.98. The van der Waals surface area contributed by atoms with Crippen LogP contribution in [-0.4, -0.2) is 43.0 Å². The number of hydrogen-bond donors (Lipinski definition) is 2. The molecule has 1 fully saturated rings. The summed E-state index contributed by atoms with van der Waals surface area (Å²) in [6, 6.07) is 0.410. The third-order valence-electron chi connectivity index (χ3n) is 3.81. The molecule has 0 radical (unpaired) electrons. The van der Waals surface area contributed by atoms with Gasteiger partial charge >= 0.3 is 0 Å². The normalized spacial score (nSPS) is 17.4. The fraction of sp³-hybridized carbons (Fsp3) is 0.933. The molecule has 0 unspecified atom stereocenters. The minimum Gasteiger partial charge on any atom is -0.352 e. The fourth-order valence-corrected chi connectivity index (χ4v) is 2.80. The summed E-state index contributed by atoms with van der Waals surface area (Å²) in [6.07, 6.45) is 9.53. The molecule has 0 aromatic heterocycles. The summed E-state index contributed by atoms with van der Waals surface area (Å²) < 4.78 is 0. The van der Waals surface area contributed by atoms with Crippen LogP contribution >= 0.6 is 0 Å². The molecule has 0 heterocycles. The lowest BCUT2D eigenvalue weighted by Crippen LogP contribution is -2.42. The van der Waals surface area contributed by atoms with Gasteiger partial charge in [-0.1, -0.05) is 32.6 Å². The number of carbonyl (C=O) groups excluding carboxylic acids is 1. The van der Waals surface area contributed by atoms with Crippen LogP contribution in [0.1, 0.15) is 58.3 Å². The van der Waals surface area contributed by atoms with E-state index < -0.39 is 0 Å². The first-order chi connectivity index (χ1) is 9.26. The SMILES string of the molecule is CCCN(CCCN)CC(=O)NC1CCCCCC1. The van der Waals surface area contributed by atoms with Crippen molar-refractivity contribution in [3.8, 4) is 0 Å². The molecule has 0 bridgehead atoms. The summed E-state index contributed by atoms with van der Waals surface area (Å²) in [5.41, 5.74) is 5.54. The first-order valence-electron chi connectivity index (χ1n) is 7.98. The van der Waals surface area contributed by atoms with Gasteiger partial charge in [-0.25, -0.2) is 0 Å². The van der Waals surface area contributed by atoms with Gasteiger partial charge in [0.15, 0.2) is 0 Å². The summed E-state index contributed by atoms with van der Waals surface area (Å²) in [6.45, 7) is 5.30. The number of nitrogens with zero attached hydrogens (tertiary/aromatic N) is 1. The van der Waals surface area contributed by atoms with Gasteiger partial charge < -0.3 is 11.1 Å². The Balaban J connectivity index is 2.29. The quantitative estimate of drug-likeness (QED) is 0.662. The number of carbonyl (C=O) groups is 1. The Morgan fingerprint density at radius 1 is 1.21 bits per heavy atom. The van der Waals surface area contributed by atoms with E-state index in [1.165, 1.54) is 25.7 Å². The zero-order valence-corrected chi connectivity index (χ0v) is 12.5. The Labute approximate surface area is 118 Å². The molecule has 0 saturated heterocycles. The van der Waals surface area contributed by atoms with Gasteiger partial charge in [-0.3, -0.25) is 9.69 Å². The van der Waals surface area contributed by atoms with Crippen LogP contribution in [-0.2, 0) is 4.79 Å². The molecule has 0 atom stereocenters. The number of nitrogens with two attached hydrogens (primary N) is 1. The van der Waals surface area contributed by atoms with E-state index in [-0.39, 0.29) is 5.91 Å². The van der Waals surface area contributed by atoms with E-state index in [0.717, 1.165) is 38.8 Å². The first kappa shape index (κ1) is 16.4. The van der Waals surface area contributed by atoms with E-state index in [0.29, 0.717) is 19.1 Å². The highest BCUT2D eigenvalue weighted by Gasteiger charge is 2.16. The van der Waals surface area contributed by atoms with Crippen LogP contribution in [0.15, 0.2) is 0 Å². The third kappa shape index (κ3) is 7.53. The van der Waals surface area contributed by atoms with E-state index in [9.17, 15) is 4.79 Å². The predicted molar refractivity (Wildman–Crippen MR) is 80.0 cm³/mol. The molecule has 0 aromatic carbocycles. The number of nitrogens with one attached hydrogen (secondary N) is 1. The second kappa shape index (κ2) is 10.2. The van der Waals surface area contributed by atoms with Crippen molar-refractivity contribution in [3.05, 3.63) is 0 Å². The molecule has 1 aliphatic carbocycles. The largest absolute Gasteiger partial charge is 0.352 e. The average molecular weight is 269 g/mol. The molecule has 1 saturated carbocycles. The molecule has 0 aliphatic heterocycles. The molecule has 0 aromatic rings. The second-order valence-electron chi connectivity index (χ2n) is 5.67. The summed E-state index contributed by atoms with van der Waals surface area (Å²) in [5.74, 6) is 0.192. The Hall–Kier alpha value is -0.610. The van der Waals surface area contributed by atoms with E-state index in [4.69, 9.17) is 5.73 Å². The standard InChI is InChI=1S/C15H31N3O/c1-2-11-18(12-7-10-16)13-15(19)17-14-8-5-3-4-6-9-14/h14H,2-13,16H2,1H3,(H,17,19). The Kier molecular flexibility index (Phi) is 8.84. The van der Waals surface area contributed by atoms with Crippen LogP contribution in [0.2, 0.25) is 0 Å². The van der Waals surface area contributed by atoms with Gasteiger partial charge in [0.2, 0.25) is 5.91 Å². The summed E-state index contributed by atoms with van der Waals surface area (Å²) in [7, 11) is 0. The molecule has 112 valence electrons. The Morgan fingerprint density at radius 2 is 1.89 bits per heavy atom. The molecular weight excluding hydrogens is 238 g/mol. The second-order valence-corrected chi connectivity index (χ2v) is 5.67. The number of hydrogen-bond acceptors (Lipinski definition) is 3. The zero-order valence-electron chi connectivity index (χ0n) is 12.5. The summed E-state index contributed by atoms with van der Waals surface area (Å²) >= 11 is 0. The van der Waals surface area contributed by atoms with Gasteiger partial charge in [0.25, 0.3) is 0 Å². The third-order valence-corrected chi connectivity index (χ3v) is 3.81. The van der Waals surface area contributed by atoms with E-state index in [1.54, 1.807) is 0 Å². The fourth-order valence-electron chi connectivity index (χ4n) is 2.80. The van der Waals surface area contributed by atoms with Crippen molar-refractivity contribution in [1.82, 2.24) is 10.2 Å². The van der Waals surface area contributed by atoms with Gasteiger partial charge in [0, 0.05) is 6.04 Å². The van der Waals surface area contributed by atoms with Gasteiger partial charge in [-0.2, -0.15) is 0 Å². The van der Waals surface area contributed by atoms with Crippen molar-refractivity contribution < 1.29 is 4.79 Å². The summed E-state index contributed by atoms with van der Waals surface area (Å²) in [5, 5.41) is 3.21. The maximum atomic E-state index is 12.1. The van der Waals surface area contributed by atoms with Crippen LogP contribution in [0, 0.1) is 0 Å². The monoisotopic (exact) mass is 269 g/mol. The highest BCUT2D eigenvalue weighted by molar-refractivity contribution is 5.78. The smallest absolute Gasteiger partial charge is 0.234 e. The molecule has 4 heteroatoms. The van der Waals surface area contributed by atoms with Crippen molar-refractivity contribution in [2.45, 2.75) is 64.3 Å². The lowest BCUT2D eigenvalue weighted by atomic mass is 10.1. The molecule has 1 aliphatic rings. The van der Waals surface area contributed by atoms with Crippen molar-refractivity contribution in [2.24, 2.45) is 5.73 Å². The van der Waals surface area contributed by atoms with Crippen LogP contribution in [0.5, 0.6) is 0 Å². The van der Waals surface area contributed by atoms with Gasteiger partial charge in [0.1, 0.15) is 0 Å². The topological polar surface area (TPSA) is 58.4 Å². The molecule has 19 heavy (non-hydrogen) atoms. The number of amides is 1. The molecule has 4 nitrogen and oxygen atoms in total. The average Bonchev–Trinajstić information content (AvgIpc) is 2.64. The van der Waals surface area contributed by atoms with Crippen molar-refractivity contribution in [3.63, 3.8) is 0 Å². The van der Waals surface area contributed by atoms with Crippen molar-refractivity contribution in [1.29, 1.82) is 0 Å². The lowest BCUT2D eigenvalue weighted by Gasteiger charge is -2.23. The minimum atomic E-state index is 0.192. The zero-order chi connectivity index (χ0) is 13.9. The Bertz CT molecular complexity index is 238. The van der Waals surface area contributed by atoms with Gasteiger partial charge in [-0.15, -0.1) is 0 Å². The van der Waals surface area contributed by atoms with Gasteiger partial charge in [-0.05, 0) is 45.3 Å². The van der Waals surface area contributed by atoms with Crippen LogP contribution < -0.4 is 11.1 Å². The van der Waals surface area contributed by atoms with Crippen LogP contribution in [0.4, 0.5) is 0 Å². The van der Waals surface area contributed by atoms with Crippen LogP contribution in [0.25, 0.3) is 0 Å². The van der Waals surface area contributed by atoms with Crippen molar-refractivity contribution in [2.75, 3.05) is 26.2 Å². The van der Waals surface area contributed by atoms with E-state index in [1.807, 2.05) is 0 Å². The highest BCUT2D eigenvalue weighted by atomic mass is 16.2. The van der Waals surface area contributed by atoms with E-state index in [2.05, 4.69) is 17.1 Å². The maximum absolute atomic E-state index is 12.1. The minimum absolute atomic E-state index is 0.192. The van der Waals surface area contributed by atoms with Crippen LogP contribution in [0.3, 0.4) is 0 Å². The van der Waals surface area contributed by atoms with Gasteiger partial charge in [0.05, 0.1) is 6.54 Å². The molecule has 1 amide bonds. The molecule has 1 rings (SSSR count). The Morgan fingerprint density at radius 3 is 2.47 bits per heavy atom. The highest BCUT2D eigenvalue weighted by Crippen LogP contribution is 2.17. The van der Waals surface area contributed by atoms with E-state index >= 15 is 0 Å². The number of rotatable bonds is 8. The maximum Gasteiger partial charge on any atom is 0.234 e. The summed E-state index contributed by atoms with van der Waals surface area (Å²) in [4.78, 5) is 14.3. The van der Waals surface area contributed by atoms with Crippen molar-refractivity contribution >= 4 is 5.91 Å². The lowest BCUT2D eigenvalue weighted by molar-refractivity contribution is -0.123. The predicted octanol–water partition coefficient (Wildman–Crippen LogP) is 1.89. The molecule has 3 N–H and O–H groups in total. The molecular formula is C15H31N3O. The molecule has 0 spiro atoms.